The molecule has 21 heavy (non-hydrogen) atoms. The summed E-state index contributed by atoms with van der Waals surface area (Å²) in [7, 11) is 1.71. The topological polar surface area (TPSA) is 56.3 Å². The normalized spacial score (nSPS) is 22.5. The summed E-state index contributed by atoms with van der Waals surface area (Å²) in [6.07, 6.45) is 3.31. The van der Waals surface area contributed by atoms with Crippen LogP contribution in [0, 0.1) is 13.8 Å². The van der Waals surface area contributed by atoms with Crippen LogP contribution in [0.1, 0.15) is 49.0 Å². The van der Waals surface area contributed by atoms with E-state index < -0.39 is 0 Å². The van der Waals surface area contributed by atoms with Crippen molar-refractivity contribution in [3.63, 3.8) is 0 Å². The molecule has 1 aromatic rings. The fraction of sp³-hybridized carbons (Fsp3) is 0.750. The van der Waals surface area contributed by atoms with Gasteiger partial charge in [0, 0.05) is 43.8 Å². The zero-order valence-corrected chi connectivity index (χ0v) is 13.7. The van der Waals surface area contributed by atoms with Crippen molar-refractivity contribution >= 4 is 0 Å². The van der Waals surface area contributed by atoms with Crippen LogP contribution in [-0.2, 0) is 21.6 Å². The highest BCUT2D eigenvalue weighted by molar-refractivity contribution is 5.25. The predicted molar refractivity (Wildman–Crippen MR) is 82.2 cm³/mol. The van der Waals surface area contributed by atoms with Crippen LogP contribution in [0.2, 0.25) is 0 Å². The maximum Gasteiger partial charge on any atom is 0.160 e. The van der Waals surface area contributed by atoms with Crippen molar-refractivity contribution in [2.75, 3.05) is 26.9 Å². The Morgan fingerprint density at radius 2 is 1.95 bits per heavy atom. The van der Waals surface area contributed by atoms with Crippen molar-refractivity contribution in [1.29, 1.82) is 0 Å². The molecule has 0 bridgehead atoms. The number of nitrogens with zero attached hydrogens (tertiary/aromatic N) is 2. The number of nitrogens with one attached hydrogen (secondary N) is 1. The van der Waals surface area contributed by atoms with Gasteiger partial charge in [-0.15, -0.1) is 0 Å². The highest BCUT2D eigenvalue weighted by Gasteiger charge is 2.33. The van der Waals surface area contributed by atoms with Crippen LogP contribution in [0.3, 0.4) is 0 Å². The molecule has 0 saturated carbocycles. The monoisotopic (exact) mass is 293 g/mol. The molecule has 0 spiro atoms. The van der Waals surface area contributed by atoms with Gasteiger partial charge in [-0.2, -0.15) is 0 Å². The number of hydrogen-bond donors (Lipinski definition) is 1. The molecule has 1 aromatic heterocycles. The molecule has 5 nitrogen and oxygen atoms in total. The van der Waals surface area contributed by atoms with Gasteiger partial charge in [0.15, 0.2) is 5.82 Å². The second-order valence-electron chi connectivity index (χ2n) is 5.90. The molecule has 1 saturated heterocycles. The summed E-state index contributed by atoms with van der Waals surface area (Å²) in [5.41, 5.74) is 2.93. The van der Waals surface area contributed by atoms with E-state index in [1.54, 1.807) is 7.11 Å². The number of methoxy groups -OCH3 is 1. The van der Waals surface area contributed by atoms with Gasteiger partial charge >= 0.3 is 0 Å². The van der Waals surface area contributed by atoms with Crippen molar-refractivity contribution in [3.8, 4) is 0 Å². The Hall–Kier alpha value is -1.04. The maximum atomic E-state index is 5.96. The molecule has 0 aliphatic carbocycles. The quantitative estimate of drug-likeness (QED) is 0.815. The molecule has 1 atom stereocenters. The fourth-order valence-corrected chi connectivity index (χ4v) is 2.73. The Labute approximate surface area is 127 Å². The fourth-order valence-electron chi connectivity index (χ4n) is 2.73. The van der Waals surface area contributed by atoms with Crippen LogP contribution in [0.15, 0.2) is 0 Å². The van der Waals surface area contributed by atoms with E-state index in [4.69, 9.17) is 19.4 Å². The van der Waals surface area contributed by atoms with Crippen LogP contribution in [0.4, 0.5) is 0 Å². The molecule has 1 aliphatic heterocycles. The third-order valence-electron chi connectivity index (χ3n) is 4.15. The molecule has 1 aliphatic rings. The first-order chi connectivity index (χ1) is 10.1. The molecule has 1 N–H and O–H groups in total. The van der Waals surface area contributed by atoms with Crippen molar-refractivity contribution in [3.05, 3.63) is 22.8 Å². The standard InChI is InChI=1S/C16H27N3O2/c1-12-14(11-17-8-10-20-4)13(2)19-15(18-12)16(3)7-5-6-9-21-16/h17H,5-11H2,1-4H3. The number of hydrogen-bond acceptors (Lipinski definition) is 5. The van der Waals surface area contributed by atoms with E-state index in [1.165, 1.54) is 12.0 Å². The molecule has 118 valence electrons. The molecular formula is C16H27N3O2. The summed E-state index contributed by atoms with van der Waals surface area (Å²) in [4.78, 5) is 9.44. The minimum Gasteiger partial charge on any atom is -0.383 e. The lowest BCUT2D eigenvalue weighted by atomic mass is 9.94. The third-order valence-corrected chi connectivity index (χ3v) is 4.15. The lowest BCUT2D eigenvalue weighted by molar-refractivity contribution is -0.0762. The molecule has 0 aromatic carbocycles. The lowest BCUT2D eigenvalue weighted by Gasteiger charge is -2.33. The van der Waals surface area contributed by atoms with Crippen LogP contribution < -0.4 is 5.32 Å². The molecule has 5 heteroatoms. The van der Waals surface area contributed by atoms with Gasteiger partial charge in [0.25, 0.3) is 0 Å². The molecule has 2 rings (SSSR count). The molecule has 2 heterocycles. The zero-order valence-electron chi connectivity index (χ0n) is 13.7. The predicted octanol–water partition coefficient (Wildman–Crippen LogP) is 2.25. The van der Waals surface area contributed by atoms with Gasteiger partial charge in [0.2, 0.25) is 0 Å². The van der Waals surface area contributed by atoms with Gasteiger partial charge in [-0.25, -0.2) is 9.97 Å². The number of rotatable bonds is 6. The van der Waals surface area contributed by atoms with Crippen LogP contribution in [0.25, 0.3) is 0 Å². The van der Waals surface area contributed by atoms with Crippen LogP contribution in [-0.4, -0.2) is 36.8 Å². The first-order valence-electron chi connectivity index (χ1n) is 7.75. The van der Waals surface area contributed by atoms with E-state index in [0.29, 0.717) is 6.61 Å². The highest BCUT2D eigenvalue weighted by atomic mass is 16.5. The summed E-state index contributed by atoms with van der Waals surface area (Å²) in [5, 5.41) is 3.36. The smallest absolute Gasteiger partial charge is 0.160 e. The molecule has 0 amide bonds. The summed E-state index contributed by atoms with van der Waals surface area (Å²) in [6, 6.07) is 0. The highest BCUT2D eigenvalue weighted by Crippen LogP contribution is 2.33. The van der Waals surface area contributed by atoms with Crippen molar-refractivity contribution in [2.45, 2.75) is 52.2 Å². The lowest BCUT2D eigenvalue weighted by Crippen LogP contribution is -2.33. The Balaban J connectivity index is 2.12. The minimum absolute atomic E-state index is 0.324. The van der Waals surface area contributed by atoms with Gasteiger partial charge < -0.3 is 14.8 Å². The van der Waals surface area contributed by atoms with E-state index in [0.717, 1.165) is 49.8 Å². The zero-order chi connectivity index (χ0) is 15.3. The minimum atomic E-state index is -0.324. The van der Waals surface area contributed by atoms with Crippen molar-refractivity contribution in [1.82, 2.24) is 15.3 Å². The van der Waals surface area contributed by atoms with Gasteiger partial charge in [-0.1, -0.05) is 0 Å². The largest absolute Gasteiger partial charge is 0.383 e. The maximum absolute atomic E-state index is 5.96. The number of aromatic nitrogens is 2. The average molecular weight is 293 g/mol. The summed E-state index contributed by atoms with van der Waals surface area (Å²) >= 11 is 0. The van der Waals surface area contributed by atoms with Gasteiger partial charge in [-0.3, -0.25) is 0 Å². The Kier molecular flexibility index (Phi) is 5.67. The first kappa shape index (κ1) is 16.3. The van der Waals surface area contributed by atoms with E-state index in [9.17, 15) is 0 Å². The van der Waals surface area contributed by atoms with Crippen LogP contribution >= 0.6 is 0 Å². The molecule has 1 fully saturated rings. The summed E-state index contributed by atoms with van der Waals surface area (Å²) < 4.78 is 11.0. The second-order valence-corrected chi connectivity index (χ2v) is 5.90. The summed E-state index contributed by atoms with van der Waals surface area (Å²) in [6.45, 7) is 9.34. The average Bonchev–Trinajstić information content (AvgIpc) is 2.46. The SMILES string of the molecule is COCCNCc1c(C)nc(C2(C)CCCCO2)nc1C. The van der Waals surface area contributed by atoms with E-state index in [-0.39, 0.29) is 5.60 Å². The third kappa shape index (κ3) is 3.99. The van der Waals surface area contributed by atoms with E-state index >= 15 is 0 Å². The Morgan fingerprint density at radius 3 is 2.52 bits per heavy atom. The molecule has 0 radical (unpaired) electrons. The molecular weight excluding hydrogens is 266 g/mol. The van der Waals surface area contributed by atoms with E-state index in [2.05, 4.69) is 26.1 Å². The molecule has 1 unspecified atom stereocenters. The number of aryl methyl sites for hydroxylation is 2. The number of ether oxygens (including phenoxy) is 2. The Bertz CT molecular complexity index is 448. The van der Waals surface area contributed by atoms with Crippen LogP contribution in [0.5, 0.6) is 0 Å². The van der Waals surface area contributed by atoms with Crippen molar-refractivity contribution in [2.24, 2.45) is 0 Å². The van der Waals surface area contributed by atoms with Crippen molar-refractivity contribution < 1.29 is 9.47 Å². The van der Waals surface area contributed by atoms with E-state index in [1.807, 2.05) is 0 Å². The van der Waals surface area contributed by atoms with Gasteiger partial charge in [0.1, 0.15) is 5.60 Å². The first-order valence-corrected chi connectivity index (χ1v) is 7.75. The summed E-state index contributed by atoms with van der Waals surface area (Å²) in [5.74, 6) is 0.831. The Morgan fingerprint density at radius 1 is 1.24 bits per heavy atom. The second kappa shape index (κ2) is 7.29. The van der Waals surface area contributed by atoms with Gasteiger partial charge in [0.05, 0.1) is 6.61 Å². The van der Waals surface area contributed by atoms with Gasteiger partial charge in [-0.05, 0) is 40.0 Å².